The summed E-state index contributed by atoms with van der Waals surface area (Å²) < 4.78 is 5.37. The Kier molecular flexibility index (Phi) is 7.04. The third-order valence-electron chi connectivity index (χ3n) is 5.01. The summed E-state index contributed by atoms with van der Waals surface area (Å²) in [6.45, 7) is 5.20. The second-order valence-electron chi connectivity index (χ2n) is 7.15. The fourth-order valence-corrected chi connectivity index (χ4v) is 3.44. The lowest BCUT2D eigenvalue weighted by atomic mass is 9.98. The summed E-state index contributed by atoms with van der Waals surface area (Å²) in [4.78, 5) is 40.7. The zero-order valence-corrected chi connectivity index (χ0v) is 17.0. The van der Waals surface area contributed by atoms with Gasteiger partial charge >= 0.3 is 12.1 Å². The highest BCUT2D eigenvalue weighted by Crippen LogP contribution is 2.44. The maximum Gasteiger partial charge on any atom is 0.407 e. The number of carboxylic acid groups (broad SMARTS) is 1. The van der Waals surface area contributed by atoms with Crippen LogP contribution in [-0.4, -0.2) is 41.8 Å². The Morgan fingerprint density at radius 3 is 2.23 bits per heavy atom. The number of ether oxygens (including phenoxy) is 1. The topological polar surface area (TPSA) is 114 Å². The van der Waals surface area contributed by atoms with Crippen LogP contribution < -0.4 is 10.8 Å². The minimum Gasteiger partial charge on any atom is -0.481 e. The summed E-state index contributed by atoms with van der Waals surface area (Å²) in [7, 11) is 0. The normalized spacial score (nSPS) is 14.0. The van der Waals surface area contributed by atoms with Gasteiger partial charge in [0, 0.05) is 5.92 Å². The summed E-state index contributed by atoms with van der Waals surface area (Å²) in [6, 6.07) is 14.4. The van der Waals surface area contributed by atoms with Gasteiger partial charge in [-0.3, -0.25) is 14.4 Å². The van der Waals surface area contributed by atoms with Crippen molar-refractivity contribution in [1.29, 1.82) is 0 Å². The highest BCUT2D eigenvalue weighted by Gasteiger charge is 2.30. The van der Waals surface area contributed by atoms with Crippen LogP contribution in [-0.2, 0) is 19.2 Å². The van der Waals surface area contributed by atoms with Gasteiger partial charge < -0.3 is 15.2 Å². The summed E-state index contributed by atoms with van der Waals surface area (Å²) >= 11 is 0. The Morgan fingerprint density at radius 1 is 1.10 bits per heavy atom. The summed E-state index contributed by atoms with van der Waals surface area (Å²) in [5.41, 5.74) is 6.39. The minimum absolute atomic E-state index is 0.0469. The third kappa shape index (κ3) is 5.29. The molecule has 0 saturated carbocycles. The molecule has 1 aliphatic carbocycles. The molecule has 0 bridgehead atoms. The summed E-state index contributed by atoms with van der Waals surface area (Å²) in [5.74, 6) is -2.21. The van der Waals surface area contributed by atoms with Crippen molar-refractivity contribution in [3.8, 4) is 11.1 Å². The molecular weight excluding hydrogens is 400 g/mol. The van der Waals surface area contributed by atoms with Crippen LogP contribution >= 0.6 is 0 Å². The fraction of sp³-hybridized carbons (Fsp3) is 0.261. The van der Waals surface area contributed by atoms with Gasteiger partial charge in [-0.2, -0.15) is 0 Å². The minimum atomic E-state index is -1.36. The van der Waals surface area contributed by atoms with Gasteiger partial charge in [0.25, 0.3) is 5.91 Å². The first-order chi connectivity index (χ1) is 14.9. The molecule has 162 valence electrons. The molecule has 0 aromatic heterocycles. The van der Waals surface area contributed by atoms with Crippen molar-refractivity contribution >= 4 is 18.0 Å². The molecule has 0 heterocycles. The lowest BCUT2D eigenvalue weighted by molar-refractivity contribution is -0.144. The van der Waals surface area contributed by atoms with Gasteiger partial charge in [0.1, 0.15) is 18.8 Å². The molecule has 0 saturated heterocycles. The molecule has 0 fully saturated rings. The largest absolute Gasteiger partial charge is 0.481 e. The van der Waals surface area contributed by atoms with Crippen LogP contribution in [0.4, 0.5) is 4.79 Å². The number of alkyl carbamates (subject to hydrolysis) is 1. The Bertz CT molecular complexity index is 944. The molecule has 0 radical (unpaired) electrons. The van der Waals surface area contributed by atoms with Crippen molar-refractivity contribution in [2.45, 2.75) is 31.4 Å². The molecule has 3 N–H and O–H groups in total. The Morgan fingerprint density at radius 2 is 1.68 bits per heavy atom. The number of carboxylic acids is 1. The van der Waals surface area contributed by atoms with Crippen LogP contribution in [0.1, 0.15) is 30.4 Å². The molecule has 0 spiro atoms. The Balaban J connectivity index is 1.64. The van der Waals surface area contributed by atoms with Gasteiger partial charge in [-0.05, 0) is 29.2 Å². The first-order valence-electron chi connectivity index (χ1n) is 9.82. The molecular formula is C23H24N2O6. The van der Waals surface area contributed by atoms with E-state index in [1.165, 1.54) is 6.08 Å². The number of hydroxylamine groups is 1. The first-order valence-corrected chi connectivity index (χ1v) is 9.82. The quantitative estimate of drug-likeness (QED) is 0.421. The average Bonchev–Trinajstić information content (AvgIpc) is 3.08. The number of hydrogen-bond acceptors (Lipinski definition) is 5. The molecule has 31 heavy (non-hydrogen) atoms. The predicted octanol–water partition coefficient (Wildman–Crippen LogP) is 2.99. The van der Waals surface area contributed by atoms with Crippen molar-refractivity contribution in [3.05, 3.63) is 72.3 Å². The molecule has 2 amide bonds. The zero-order valence-electron chi connectivity index (χ0n) is 17.0. The van der Waals surface area contributed by atoms with Crippen molar-refractivity contribution in [2.75, 3.05) is 6.61 Å². The maximum atomic E-state index is 12.4. The van der Waals surface area contributed by atoms with E-state index in [0.29, 0.717) is 0 Å². The van der Waals surface area contributed by atoms with E-state index in [-0.39, 0.29) is 12.5 Å². The number of rotatable bonds is 9. The predicted molar refractivity (Wildman–Crippen MR) is 113 cm³/mol. The van der Waals surface area contributed by atoms with E-state index in [9.17, 15) is 14.4 Å². The Hall–Kier alpha value is -3.65. The second kappa shape index (κ2) is 9.90. The van der Waals surface area contributed by atoms with Gasteiger partial charge in [0.2, 0.25) is 0 Å². The van der Waals surface area contributed by atoms with E-state index in [0.717, 1.165) is 22.3 Å². The highest BCUT2D eigenvalue weighted by molar-refractivity contribution is 5.88. The van der Waals surface area contributed by atoms with Crippen LogP contribution in [0, 0.1) is 0 Å². The molecule has 3 rings (SSSR count). The standard InChI is InChI=1S/C23H24N2O6/c1-3-14(2)31-25-22(28)20(12-21(26)27)24-23(29)30-13-19-17-10-6-4-8-15(17)16-9-5-7-11-18(16)19/h3-11,14,19-20H,1,12-13H2,2H3,(H,24,29)(H,25,28)(H,26,27). The number of carbonyl (C=O) groups is 3. The van der Waals surface area contributed by atoms with Crippen LogP contribution in [0.2, 0.25) is 0 Å². The van der Waals surface area contributed by atoms with Crippen LogP contribution in [0.25, 0.3) is 11.1 Å². The average molecular weight is 424 g/mol. The number of amides is 2. The van der Waals surface area contributed by atoms with Crippen LogP contribution in [0.5, 0.6) is 0 Å². The molecule has 0 aliphatic heterocycles. The van der Waals surface area contributed by atoms with E-state index in [1.807, 2.05) is 48.5 Å². The molecule has 1 aliphatic rings. The van der Waals surface area contributed by atoms with E-state index in [1.54, 1.807) is 6.92 Å². The third-order valence-corrected chi connectivity index (χ3v) is 5.01. The number of fused-ring (bicyclic) bond motifs is 3. The highest BCUT2D eigenvalue weighted by atomic mass is 16.7. The van der Waals surface area contributed by atoms with E-state index in [2.05, 4.69) is 17.4 Å². The lowest BCUT2D eigenvalue weighted by Crippen LogP contribution is -2.48. The molecule has 2 unspecified atom stereocenters. The van der Waals surface area contributed by atoms with E-state index >= 15 is 0 Å². The second-order valence-corrected chi connectivity index (χ2v) is 7.15. The van der Waals surface area contributed by atoms with Gasteiger partial charge in [0.05, 0.1) is 6.42 Å². The van der Waals surface area contributed by atoms with E-state index in [4.69, 9.17) is 14.7 Å². The number of carbonyl (C=O) groups excluding carboxylic acids is 2. The molecule has 8 nitrogen and oxygen atoms in total. The van der Waals surface area contributed by atoms with Crippen LogP contribution in [0.3, 0.4) is 0 Å². The summed E-state index contributed by atoms with van der Waals surface area (Å²) in [5, 5.41) is 11.4. The number of aliphatic carboxylic acids is 1. The SMILES string of the molecule is C=CC(C)ONC(=O)C(CC(=O)O)NC(=O)OCC1c2ccccc2-c2ccccc21. The van der Waals surface area contributed by atoms with Crippen LogP contribution in [0.15, 0.2) is 61.2 Å². The van der Waals surface area contributed by atoms with Crippen molar-refractivity contribution in [1.82, 2.24) is 10.8 Å². The van der Waals surface area contributed by atoms with Crippen molar-refractivity contribution < 1.29 is 29.1 Å². The monoisotopic (exact) mass is 424 g/mol. The van der Waals surface area contributed by atoms with Gasteiger partial charge in [0.15, 0.2) is 0 Å². The molecule has 8 heteroatoms. The first kappa shape index (κ1) is 22.0. The van der Waals surface area contributed by atoms with Gasteiger partial charge in [-0.15, -0.1) is 6.58 Å². The molecule has 2 aromatic rings. The molecule has 2 aromatic carbocycles. The Labute approximate surface area is 179 Å². The lowest BCUT2D eigenvalue weighted by Gasteiger charge is -2.19. The van der Waals surface area contributed by atoms with Gasteiger partial charge in [-0.1, -0.05) is 54.6 Å². The fourth-order valence-electron chi connectivity index (χ4n) is 3.44. The number of benzene rings is 2. The van der Waals surface area contributed by atoms with E-state index < -0.39 is 36.5 Å². The zero-order chi connectivity index (χ0) is 22.4. The van der Waals surface area contributed by atoms with Crippen molar-refractivity contribution in [3.63, 3.8) is 0 Å². The van der Waals surface area contributed by atoms with Gasteiger partial charge in [-0.25, -0.2) is 10.3 Å². The number of nitrogens with one attached hydrogen (secondary N) is 2. The maximum absolute atomic E-state index is 12.4. The summed E-state index contributed by atoms with van der Waals surface area (Å²) in [6.07, 6.45) is -0.545. The van der Waals surface area contributed by atoms with Crippen molar-refractivity contribution in [2.24, 2.45) is 0 Å². The smallest absolute Gasteiger partial charge is 0.407 e. The number of hydrogen-bond donors (Lipinski definition) is 3. The molecule has 2 atom stereocenters.